The van der Waals surface area contributed by atoms with Crippen LogP contribution in [0, 0.1) is 25.2 Å². The van der Waals surface area contributed by atoms with Gasteiger partial charge in [0.15, 0.2) is 11.5 Å². The summed E-state index contributed by atoms with van der Waals surface area (Å²) in [6.45, 7) is 3.77. The Labute approximate surface area is 198 Å². The van der Waals surface area contributed by atoms with Crippen molar-refractivity contribution < 1.29 is 23.8 Å². The van der Waals surface area contributed by atoms with Gasteiger partial charge in [-0.15, -0.1) is 0 Å². The first kappa shape index (κ1) is 24.1. The SMILES string of the molecule is COc1ccc(C(=O)Oc2ccc(/C=C(/C#N)C(=O)Nc3c(C)cccc3C)cc2OC)cc1. The minimum absolute atomic E-state index is 0.0762. The molecule has 3 aromatic carbocycles. The average molecular weight is 456 g/mol. The summed E-state index contributed by atoms with van der Waals surface area (Å²) in [5.41, 5.74) is 3.28. The van der Waals surface area contributed by atoms with Crippen LogP contribution in [0.5, 0.6) is 17.2 Å². The lowest BCUT2D eigenvalue weighted by molar-refractivity contribution is -0.112. The number of ether oxygens (including phenoxy) is 3. The lowest BCUT2D eigenvalue weighted by Gasteiger charge is -2.12. The number of carbonyl (C=O) groups excluding carboxylic acids is 2. The largest absolute Gasteiger partial charge is 0.497 e. The molecule has 34 heavy (non-hydrogen) atoms. The number of methoxy groups -OCH3 is 2. The molecule has 0 heterocycles. The van der Waals surface area contributed by atoms with E-state index in [4.69, 9.17) is 14.2 Å². The van der Waals surface area contributed by atoms with Crippen LogP contribution in [0.1, 0.15) is 27.0 Å². The molecule has 0 aliphatic carbocycles. The number of carbonyl (C=O) groups is 2. The molecule has 0 unspecified atom stereocenters. The van der Waals surface area contributed by atoms with Crippen molar-refractivity contribution in [1.29, 1.82) is 5.26 Å². The number of rotatable bonds is 7. The molecular formula is C27H24N2O5. The van der Waals surface area contributed by atoms with Crippen molar-refractivity contribution in [1.82, 2.24) is 0 Å². The number of hydrogen-bond donors (Lipinski definition) is 1. The smallest absolute Gasteiger partial charge is 0.343 e. The molecule has 0 aromatic heterocycles. The molecule has 0 radical (unpaired) electrons. The van der Waals surface area contributed by atoms with Crippen LogP contribution in [0.25, 0.3) is 6.08 Å². The normalized spacial score (nSPS) is 10.7. The summed E-state index contributed by atoms with van der Waals surface area (Å²) in [5, 5.41) is 12.4. The highest BCUT2D eigenvalue weighted by Crippen LogP contribution is 2.30. The highest BCUT2D eigenvalue weighted by atomic mass is 16.6. The summed E-state index contributed by atoms with van der Waals surface area (Å²) in [6, 6.07) is 18.9. The Morgan fingerprint density at radius 1 is 0.912 bits per heavy atom. The molecule has 0 saturated carbocycles. The summed E-state index contributed by atoms with van der Waals surface area (Å²) in [4.78, 5) is 25.2. The van der Waals surface area contributed by atoms with Crippen molar-refractivity contribution in [2.24, 2.45) is 0 Å². The lowest BCUT2D eigenvalue weighted by atomic mass is 10.1. The van der Waals surface area contributed by atoms with Crippen LogP contribution in [0.3, 0.4) is 0 Å². The minimum Gasteiger partial charge on any atom is -0.497 e. The zero-order valence-electron chi connectivity index (χ0n) is 19.3. The van der Waals surface area contributed by atoms with Gasteiger partial charge in [-0.2, -0.15) is 5.26 Å². The molecule has 0 spiro atoms. The van der Waals surface area contributed by atoms with Gasteiger partial charge in [0, 0.05) is 5.69 Å². The summed E-state index contributed by atoms with van der Waals surface area (Å²) in [7, 11) is 2.98. The predicted octanol–water partition coefficient (Wildman–Crippen LogP) is 5.09. The van der Waals surface area contributed by atoms with E-state index in [2.05, 4.69) is 5.32 Å². The number of nitrogens with one attached hydrogen (secondary N) is 1. The quantitative estimate of drug-likeness (QED) is 0.230. The highest BCUT2D eigenvalue weighted by molar-refractivity contribution is 6.10. The number of para-hydroxylation sites is 1. The molecule has 0 atom stereocenters. The molecule has 0 bridgehead atoms. The molecule has 3 rings (SSSR count). The fraction of sp³-hybridized carbons (Fsp3) is 0.148. The van der Waals surface area contributed by atoms with E-state index in [1.807, 2.05) is 38.1 Å². The van der Waals surface area contributed by atoms with Crippen LogP contribution in [0.2, 0.25) is 0 Å². The molecule has 0 saturated heterocycles. The maximum atomic E-state index is 12.7. The number of nitrogens with zero attached hydrogens (tertiary/aromatic N) is 1. The van der Waals surface area contributed by atoms with Crippen molar-refractivity contribution in [2.45, 2.75) is 13.8 Å². The van der Waals surface area contributed by atoms with E-state index < -0.39 is 11.9 Å². The first-order valence-corrected chi connectivity index (χ1v) is 10.4. The van der Waals surface area contributed by atoms with E-state index in [1.165, 1.54) is 13.2 Å². The Kier molecular flexibility index (Phi) is 7.67. The molecule has 0 aliphatic heterocycles. The number of esters is 1. The second-order valence-electron chi connectivity index (χ2n) is 7.42. The maximum absolute atomic E-state index is 12.7. The van der Waals surface area contributed by atoms with E-state index in [9.17, 15) is 14.9 Å². The van der Waals surface area contributed by atoms with Gasteiger partial charge in [0.1, 0.15) is 17.4 Å². The number of nitriles is 1. The molecule has 1 amide bonds. The van der Waals surface area contributed by atoms with Crippen molar-refractivity contribution >= 4 is 23.6 Å². The number of anilines is 1. The summed E-state index contributed by atoms with van der Waals surface area (Å²) < 4.78 is 15.9. The van der Waals surface area contributed by atoms with E-state index in [1.54, 1.807) is 49.6 Å². The first-order valence-electron chi connectivity index (χ1n) is 10.4. The summed E-state index contributed by atoms with van der Waals surface area (Å²) in [5.74, 6) is 0.0334. The zero-order chi connectivity index (χ0) is 24.7. The minimum atomic E-state index is -0.560. The maximum Gasteiger partial charge on any atom is 0.343 e. The zero-order valence-corrected chi connectivity index (χ0v) is 19.3. The van der Waals surface area contributed by atoms with Gasteiger partial charge in [0.25, 0.3) is 5.91 Å². The third-order valence-corrected chi connectivity index (χ3v) is 5.11. The molecular weight excluding hydrogens is 432 g/mol. The van der Waals surface area contributed by atoms with Crippen molar-refractivity contribution in [3.63, 3.8) is 0 Å². The molecule has 7 nitrogen and oxygen atoms in total. The van der Waals surface area contributed by atoms with Crippen molar-refractivity contribution in [3.05, 3.63) is 88.5 Å². The number of hydrogen-bond acceptors (Lipinski definition) is 6. The fourth-order valence-corrected chi connectivity index (χ4v) is 3.25. The van der Waals surface area contributed by atoms with Crippen molar-refractivity contribution in [3.8, 4) is 23.3 Å². The van der Waals surface area contributed by atoms with Crippen LogP contribution < -0.4 is 19.5 Å². The highest BCUT2D eigenvalue weighted by Gasteiger charge is 2.15. The average Bonchev–Trinajstić information content (AvgIpc) is 2.85. The number of aryl methyl sites for hydroxylation is 2. The van der Waals surface area contributed by atoms with E-state index >= 15 is 0 Å². The van der Waals surface area contributed by atoms with Gasteiger partial charge in [-0.25, -0.2) is 4.79 Å². The van der Waals surface area contributed by atoms with E-state index in [0.717, 1.165) is 11.1 Å². The monoisotopic (exact) mass is 456 g/mol. The second kappa shape index (κ2) is 10.8. The summed E-state index contributed by atoms with van der Waals surface area (Å²) in [6.07, 6.45) is 1.44. The fourth-order valence-electron chi connectivity index (χ4n) is 3.25. The van der Waals surface area contributed by atoms with Crippen LogP contribution in [0.4, 0.5) is 5.69 Å². The Bertz CT molecular complexity index is 1270. The molecule has 7 heteroatoms. The third-order valence-electron chi connectivity index (χ3n) is 5.11. The predicted molar refractivity (Wildman–Crippen MR) is 129 cm³/mol. The second-order valence-corrected chi connectivity index (χ2v) is 7.42. The van der Waals surface area contributed by atoms with E-state index in [-0.39, 0.29) is 17.1 Å². The molecule has 0 fully saturated rings. The van der Waals surface area contributed by atoms with Gasteiger partial charge in [-0.3, -0.25) is 4.79 Å². The molecule has 172 valence electrons. The van der Waals surface area contributed by atoms with Crippen LogP contribution in [-0.4, -0.2) is 26.1 Å². The van der Waals surface area contributed by atoms with Gasteiger partial charge in [0.05, 0.1) is 19.8 Å². The Hall–Kier alpha value is -4.57. The van der Waals surface area contributed by atoms with Gasteiger partial charge in [0.2, 0.25) is 0 Å². The molecule has 3 aromatic rings. The van der Waals surface area contributed by atoms with Crippen LogP contribution >= 0.6 is 0 Å². The number of amides is 1. The van der Waals surface area contributed by atoms with Gasteiger partial charge < -0.3 is 19.5 Å². The third kappa shape index (κ3) is 5.61. The standard InChI is InChI=1S/C27H24N2O5/c1-17-6-5-7-18(2)25(17)29-26(30)21(16-28)14-19-8-13-23(24(15-19)33-4)34-27(31)20-9-11-22(32-3)12-10-20/h5-15H,1-4H3,(H,29,30)/b21-14-. The lowest BCUT2D eigenvalue weighted by Crippen LogP contribution is -2.15. The van der Waals surface area contributed by atoms with Crippen LogP contribution in [-0.2, 0) is 4.79 Å². The Morgan fingerprint density at radius 3 is 2.18 bits per heavy atom. The van der Waals surface area contributed by atoms with Crippen molar-refractivity contribution in [2.75, 3.05) is 19.5 Å². The molecule has 1 N–H and O–H groups in total. The molecule has 0 aliphatic rings. The van der Waals surface area contributed by atoms with Gasteiger partial charge in [-0.1, -0.05) is 24.3 Å². The number of benzene rings is 3. The first-order chi connectivity index (χ1) is 16.4. The van der Waals surface area contributed by atoms with Crippen LogP contribution in [0.15, 0.2) is 66.2 Å². The van der Waals surface area contributed by atoms with E-state index in [0.29, 0.717) is 22.6 Å². The Morgan fingerprint density at radius 2 is 1.59 bits per heavy atom. The van der Waals surface area contributed by atoms with Gasteiger partial charge >= 0.3 is 5.97 Å². The summed E-state index contributed by atoms with van der Waals surface area (Å²) >= 11 is 0. The van der Waals surface area contributed by atoms with Gasteiger partial charge in [-0.05, 0) is 73.0 Å². The topological polar surface area (TPSA) is 97.7 Å². The Balaban J connectivity index is 1.81.